The van der Waals surface area contributed by atoms with Gasteiger partial charge in [-0.05, 0) is 51.8 Å². The van der Waals surface area contributed by atoms with Gasteiger partial charge < -0.3 is 23.8 Å². The molecule has 144 valence electrons. The molecule has 0 aliphatic carbocycles. The van der Waals surface area contributed by atoms with E-state index >= 15 is 0 Å². The van der Waals surface area contributed by atoms with Crippen molar-refractivity contribution in [2.45, 2.75) is 45.3 Å². The fraction of sp³-hybridized carbons (Fsp3) is 0.381. The first-order valence-electron chi connectivity index (χ1n) is 8.88. The Kier molecular flexibility index (Phi) is 5.39. The standard InChI is InChI=1S/C21H24O6/c1-13(4-6-18(22)21(2,3)24)8-10-26-20-14-5-7-19(23)27-17(14)12-16-15(20)9-11-25-16/h5,7-9,11-12,18,22,24H,4,6,10H2,1-3H3/b13-8-/t18-/m0/s1. The van der Waals surface area contributed by atoms with Gasteiger partial charge in [-0.2, -0.15) is 0 Å². The molecule has 6 heteroatoms. The molecule has 2 heterocycles. The predicted octanol–water partition coefficient (Wildman–Crippen LogP) is 3.78. The Balaban J connectivity index is 1.76. The van der Waals surface area contributed by atoms with Gasteiger partial charge in [0.05, 0.1) is 28.7 Å². The number of allylic oxidation sites excluding steroid dienone is 1. The van der Waals surface area contributed by atoms with Crippen LogP contribution in [0.5, 0.6) is 5.75 Å². The molecule has 0 bridgehead atoms. The van der Waals surface area contributed by atoms with Crippen LogP contribution >= 0.6 is 0 Å². The first-order valence-corrected chi connectivity index (χ1v) is 8.88. The Hall–Kier alpha value is -2.57. The van der Waals surface area contributed by atoms with E-state index in [1.165, 1.54) is 6.07 Å². The normalized spacial score (nSPS) is 14.0. The highest BCUT2D eigenvalue weighted by Crippen LogP contribution is 2.35. The van der Waals surface area contributed by atoms with E-state index in [-0.39, 0.29) is 0 Å². The summed E-state index contributed by atoms with van der Waals surface area (Å²) >= 11 is 0. The molecule has 0 unspecified atom stereocenters. The van der Waals surface area contributed by atoms with Gasteiger partial charge in [0.1, 0.15) is 23.5 Å². The van der Waals surface area contributed by atoms with Crippen molar-refractivity contribution in [3.63, 3.8) is 0 Å². The van der Waals surface area contributed by atoms with Crippen LogP contribution in [0.15, 0.2) is 55.8 Å². The van der Waals surface area contributed by atoms with E-state index in [2.05, 4.69) is 0 Å². The van der Waals surface area contributed by atoms with Crippen LogP contribution in [0.1, 0.15) is 33.6 Å². The number of fused-ring (bicyclic) bond motifs is 2. The van der Waals surface area contributed by atoms with E-state index in [0.29, 0.717) is 41.8 Å². The van der Waals surface area contributed by atoms with Crippen molar-refractivity contribution in [1.82, 2.24) is 0 Å². The first kappa shape index (κ1) is 19.2. The Morgan fingerprint density at radius 2 is 2.00 bits per heavy atom. The van der Waals surface area contributed by atoms with Crippen LogP contribution in [-0.4, -0.2) is 28.5 Å². The number of aliphatic hydroxyl groups is 2. The monoisotopic (exact) mass is 372 g/mol. The zero-order valence-corrected chi connectivity index (χ0v) is 15.7. The molecular weight excluding hydrogens is 348 g/mol. The molecule has 0 spiro atoms. The van der Waals surface area contributed by atoms with E-state index in [4.69, 9.17) is 13.6 Å². The van der Waals surface area contributed by atoms with Crippen molar-refractivity contribution in [3.8, 4) is 5.75 Å². The topological polar surface area (TPSA) is 93.0 Å². The van der Waals surface area contributed by atoms with Gasteiger partial charge in [0, 0.05) is 12.1 Å². The van der Waals surface area contributed by atoms with E-state index in [9.17, 15) is 15.0 Å². The first-order chi connectivity index (χ1) is 12.8. The number of furan rings is 1. The molecule has 1 aromatic carbocycles. The average Bonchev–Trinajstić information content (AvgIpc) is 3.06. The summed E-state index contributed by atoms with van der Waals surface area (Å²) in [5.41, 5.74) is 0.500. The highest BCUT2D eigenvalue weighted by atomic mass is 16.5. The van der Waals surface area contributed by atoms with Crippen LogP contribution in [0.3, 0.4) is 0 Å². The number of aliphatic hydroxyl groups excluding tert-OH is 1. The number of hydrogen-bond acceptors (Lipinski definition) is 6. The molecule has 0 aliphatic rings. The quantitative estimate of drug-likeness (QED) is 0.484. The summed E-state index contributed by atoms with van der Waals surface area (Å²) in [5.74, 6) is 0.598. The second-order valence-electron chi connectivity index (χ2n) is 7.27. The largest absolute Gasteiger partial charge is 0.488 e. The lowest BCUT2D eigenvalue weighted by Gasteiger charge is -2.24. The molecule has 0 fully saturated rings. The average molecular weight is 372 g/mol. The van der Waals surface area contributed by atoms with Crippen LogP contribution < -0.4 is 10.4 Å². The molecule has 0 amide bonds. The van der Waals surface area contributed by atoms with Crippen molar-refractivity contribution < 1.29 is 23.8 Å². The van der Waals surface area contributed by atoms with Crippen molar-refractivity contribution in [1.29, 1.82) is 0 Å². The van der Waals surface area contributed by atoms with Crippen LogP contribution in [0.2, 0.25) is 0 Å². The Morgan fingerprint density at radius 3 is 2.74 bits per heavy atom. The summed E-state index contributed by atoms with van der Waals surface area (Å²) < 4.78 is 16.6. The number of rotatable bonds is 7. The predicted molar refractivity (Wildman–Crippen MR) is 103 cm³/mol. The Labute approximate surface area is 156 Å². The minimum absolute atomic E-state index is 0.322. The summed E-state index contributed by atoms with van der Waals surface area (Å²) in [6.07, 6.45) is 3.83. The van der Waals surface area contributed by atoms with Crippen molar-refractivity contribution in [2.24, 2.45) is 0 Å². The van der Waals surface area contributed by atoms with Gasteiger partial charge in [-0.15, -0.1) is 0 Å². The summed E-state index contributed by atoms with van der Waals surface area (Å²) in [5, 5.41) is 21.2. The second-order valence-corrected chi connectivity index (χ2v) is 7.27. The molecule has 3 aromatic rings. The lowest BCUT2D eigenvalue weighted by molar-refractivity contribution is -0.0509. The van der Waals surface area contributed by atoms with Gasteiger partial charge in [-0.1, -0.05) is 5.57 Å². The molecule has 0 saturated heterocycles. The van der Waals surface area contributed by atoms with Crippen molar-refractivity contribution >= 4 is 21.9 Å². The van der Waals surface area contributed by atoms with Crippen molar-refractivity contribution in [3.05, 3.63) is 52.6 Å². The Morgan fingerprint density at radius 1 is 1.26 bits per heavy atom. The van der Waals surface area contributed by atoms with Crippen LogP contribution in [0.4, 0.5) is 0 Å². The summed E-state index contributed by atoms with van der Waals surface area (Å²) in [6, 6.07) is 6.53. The molecule has 27 heavy (non-hydrogen) atoms. The number of ether oxygens (including phenoxy) is 1. The van der Waals surface area contributed by atoms with Gasteiger partial charge in [0.2, 0.25) is 0 Å². The van der Waals surface area contributed by atoms with Gasteiger partial charge in [-0.3, -0.25) is 0 Å². The molecule has 0 radical (unpaired) electrons. The smallest absolute Gasteiger partial charge is 0.336 e. The number of benzene rings is 1. The van der Waals surface area contributed by atoms with Gasteiger partial charge in [0.15, 0.2) is 0 Å². The molecule has 0 aliphatic heterocycles. The molecule has 2 aromatic heterocycles. The third kappa shape index (κ3) is 4.40. The third-order valence-corrected chi connectivity index (χ3v) is 4.60. The van der Waals surface area contributed by atoms with Gasteiger partial charge >= 0.3 is 5.63 Å². The van der Waals surface area contributed by atoms with E-state index in [0.717, 1.165) is 11.0 Å². The zero-order valence-electron chi connectivity index (χ0n) is 15.7. The highest BCUT2D eigenvalue weighted by Gasteiger charge is 2.23. The summed E-state index contributed by atoms with van der Waals surface area (Å²) in [4.78, 5) is 11.5. The number of hydrogen-bond donors (Lipinski definition) is 2. The van der Waals surface area contributed by atoms with Crippen molar-refractivity contribution in [2.75, 3.05) is 6.61 Å². The second kappa shape index (κ2) is 7.58. The maximum absolute atomic E-state index is 11.5. The summed E-state index contributed by atoms with van der Waals surface area (Å²) in [7, 11) is 0. The fourth-order valence-corrected chi connectivity index (χ4v) is 2.85. The fourth-order valence-electron chi connectivity index (χ4n) is 2.85. The van der Waals surface area contributed by atoms with E-state index in [1.54, 1.807) is 32.2 Å². The highest BCUT2D eigenvalue weighted by molar-refractivity contribution is 6.01. The molecule has 1 atom stereocenters. The van der Waals surface area contributed by atoms with E-state index in [1.807, 2.05) is 19.1 Å². The van der Waals surface area contributed by atoms with Crippen LogP contribution in [0, 0.1) is 0 Å². The minimum atomic E-state index is -1.11. The lowest BCUT2D eigenvalue weighted by atomic mass is 9.96. The van der Waals surface area contributed by atoms with Crippen LogP contribution in [0.25, 0.3) is 21.9 Å². The van der Waals surface area contributed by atoms with E-state index < -0.39 is 17.3 Å². The van der Waals surface area contributed by atoms with Crippen LogP contribution in [-0.2, 0) is 0 Å². The lowest BCUT2D eigenvalue weighted by Crippen LogP contribution is -2.35. The summed E-state index contributed by atoms with van der Waals surface area (Å²) in [6.45, 7) is 5.46. The third-order valence-electron chi connectivity index (χ3n) is 4.60. The zero-order chi connectivity index (χ0) is 19.6. The molecule has 2 N–H and O–H groups in total. The Bertz CT molecular complexity index is 1020. The van der Waals surface area contributed by atoms with Gasteiger partial charge in [0.25, 0.3) is 0 Å². The molecule has 6 nitrogen and oxygen atoms in total. The SMILES string of the molecule is C/C(=C/COc1c2ccoc2cc2oc(=O)ccc12)CC[C@H](O)C(C)(C)O. The minimum Gasteiger partial charge on any atom is -0.488 e. The van der Waals surface area contributed by atoms with Gasteiger partial charge in [-0.25, -0.2) is 4.79 Å². The maximum Gasteiger partial charge on any atom is 0.336 e. The molecule has 3 rings (SSSR count). The molecule has 0 saturated carbocycles. The maximum atomic E-state index is 11.5. The molecular formula is C21H24O6.